The van der Waals surface area contributed by atoms with Gasteiger partial charge in [0.2, 0.25) is 5.95 Å². The van der Waals surface area contributed by atoms with Gasteiger partial charge in [0, 0.05) is 56.8 Å². The molecule has 3 aliphatic heterocycles. The molecule has 4 rings (SSSR count). The molecule has 0 saturated carbocycles. The average molecular weight is 289 g/mol. The lowest BCUT2D eigenvalue weighted by Gasteiger charge is -2.43. The van der Waals surface area contributed by atoms with E-state index in [0.29, 0.717) is 11.3 Å². The van der Waals surface area contributed by atoms with E-state index in [1.165, 1.54) is 12.2 Å². The Morgan fingerprint density at radius 2 is 2.14 bits per heavy atom. The second-order valence-corrected chi connectivity index (χ2v) is 6.60. The van der Waals surface area contributed by atoms with Crippen LogP contribution in [0.5, 0.6) is 0 Å². The summed E-state index contributed by atoms with van der Waals surface area (Å²) in [4.78, 5) is 14.0. The predicted octanol–water partition coefficient (Wildman–Crippen LogP) is -0.0682. The molecule has 0 radical (unpaired) electrons. The van der Waals surface area contributed by atoms with E-state index in [1.54, 1.807) is 0 Å². The van der Waals surface area contributed by atoms with Gasteiger partial charge < -0.3 is 19.9 Å². The molecular weight excluding hydrogens is 266 g/mol. The molecule has 0 bridgehead atoms. The minimum Gasteiger partial charge on any atom is -0.378 e. The molecule has 1 aromatic rings. The number of likely N-dealkylation sites (N-methyl/N-ethyl adjacent to an activating group) is 1. The van der Waals surface area contributed by atoms with Crippen molar-refractivity contribution in [2.24, 2.45) is 5.41 Å². The first-order valence-corrected chi connectivity index (χ1v) is 7.82. The molecule has 6 heteroatoms. The van der Waals surface area contributed by atoms with Crippen LogP contribution in [-0.2, 0) is 4.74 Å². The molecule has 1 N–H and O–H groups in total. The summed E-state index contributed by atoms with van der Waals surface area (Å²) in [6, 6.07) is 2.11. The van der Waals surface area contributed by atoms with E-state index >= 15 is 0 Å². The van der Waals surface area contributed by atoms with Gasteiger partial charge in [-0.05, 0) is 13.1 Å². The van der Waals surface area contributed by atoms with Crippen molar-refractivity contribution in [3.8, 4) is 0 Å². The second kappa shape index (κ2) is 5.19. The molecule has 3 fully saturated rings. The molecular formula is C15H23N5O. The van der Waals surface area contributed by atoms with Gasteiger partial charge in [-0.3, -0.25) is 0 Å². The normalized spacial score (nSPS) is 28.8. The predicted molar refractivity (Wildman–Crippen MR) is 80.6 cm³/mol. The van der Waals surface area contributed by atoms with Crippen LogP contribution in [-0.4, -0.2) is 74.4 Å². The molecule has 6 nitrogen and oxygen atoms in total. The summed E-state index contributed by atoms with van der Waals surface area (Å²) in [5, 5.41) is 3.45. The van der Waals surface area contributed by atoms with E-state index < -0.39 is 0 Å². The molecule has 0 amide bonds. The topological polar surface area (TPSA) is 53.5 Å². The molecule has 3 saturated heterocycles. The van der Waals surface area contributed by atoms with Gasteiger partial charge in [-0.15, -0.1) is 0 Å². The number of rotatable bonds is 2. The highest BCUT2D eigenvalue weighted by Gasteiger charge is 2.50. The lowest BCUT2D eigenvalue weighted by molar-refractivity contribution is 0.122. The van der Waals surface area contributed by atoms with Crippen molar-refractivity contribution in [3.63, 3.8) is 0 Å². The molecule has 1 atom stereocenters. The minimum atomic E-state index is 0.380. The third-order valence-corrected chi connectivity index (χ3v) is 5.09. The van der Waals surface area contributed by atoms with Crippen LogP contribution >= 0.6 is 0 Å². The zero-order valence-corrected chi connectivity index (χ0v) is 12.6. The van der Waals surface area contributed by atoms with Crippen LogP contribution in [0.2, 0.25) is 0 Å². The van der Waals surface area contributed by atoms with Crippen molar-refractivity contribution in [2.75, 3.05) is 64.4 Å². The van der Waals surface area contributed by atoms with E-state index in [4.69, 9.17) is 9.72 Å². The van der Waals surface area contributed by atoms with Gasteiger partial charge in [0.1, 0.15) is 0 Å². The Hall–Kier alpha value is -1.24. The van der Waals surface area contributed by atoms with Gasteiger partial charge >= 0.3 is 0 Å². The third kappa shape index (κ3) is 2.31. The summed E-state index contributed by atoms with van der Waals surface area (Å²) < 4.78 is 5.41. The highest BCUT2D eigenvalue weighted by atomic mass is 16.5. The zero-order valence-electron chi connectivity index (χ0n) is 12.6. The Morgan fingerprint density at radius 3 is 2.86 bits per heavy atom. The van der Waals surface area contributed by atoms with Gasteiger partial charge in [-0.2, -0.15) is 0 Å². The summed E-state index contributed by atoms with van der Waals surface area (Å²) >= 11 is 0. The maximum Gasteiger partial charge on any atom is 0.225 e. The Balaban J connectivity index is 1.60. The Labute approximate surface area is 125 Å². The van der Waals surface area contributed by atoms with Crippen molar-refractivity contribution < 1.29 is 4.74 Å². The number of morpholine rings is 1. The Morgan fingerprint density at radius 1 is 1.33 bits per heavy atom. The third-order valence-electron chi connectivity index (χ3n) is 5.09. The maximum atomic E-state index is 5.41. The standard InChI is InChI=1S/C15H23N5O/c1-19-8-12(15(11-19)9-16-10-15)13-2-3-17-14(18-13)20-4-6-21-7-5-20/h2-3,12,16H,4-11H2,1H3. The fourth-order valence-corrected chi connectivity index (χ4v) is 3.90. The molecule has 21 heavy (non-hydrogen) atoms. The van der Waals surface area contributed by atoms with E-state index in [2.05, 4.69) is 33.2 Å². The van der Waals surface area contributed by atoms with Crippen molar-refractivity contribution in [1.82, 2.24) is 20.2 Å². The number of anilines is 1. The largest absolute Gasteiger partial charge is 0.378 e. The minimum absolute atomic E-state index is 0.380. The van der Waals surface area contributed by atoms with Gasteiger partial charge in [0.05, 0.1) is 18.9 Å². The highest BCUT2D eigenvalue weighted by molar-refractivity contribution is 5.33. The SMILES string of the molecule is CN1CC(c2ccnc(N3CCOCC3)n2)C2(CNC2)C1. The van der Waals surface area contributed by atoms with Crippen LogP contribution in [0.3, 0.4) is 0 Å². The highest BCUT2D eigenvalue weighted by Crippen LogP contribution is 2.44. The lowest BCUT2D eigenvalue weighted by atomic mass is 9.71. The first kappa shape index (κ1) is 13.4. The second-order valence-electron chi connectivity index (χ2n) is 6.60. The summed E-state index contributed by atoms with van der Waals surface area (Å²) in [6.45, 7) is 7.81. The van der Waals surface area contributed by atoms with Crippen LogP contribution in [0.25, 0.3) is 0 Å². The first-order valence-electron chi connectivity index (χ1n) is 7.82. The fourth-order valence-electron chi connectivity index (χ4n) is 3.90. The number of aromatic nitrogens is 2. The first-order chi connectivity index (χ1) is 10.3. The molecule has 114 valence electrons. The molecule has 3 aliphatic rings. The van der Waals surface area contributed by atoms with Crippen LogP contribution in [0.1, 0.15) is 11.6 Å². The number of nitrogens with one attached hydrogen (secondary N) is 1. The van der Waals surface area contributed by atoms with Crippen molar-refractivity contribution in [1.29, 1.82) is 0 Å². The molecule has 1 unspecified atom stereocenters. The van der Waals surface area contributed by atoms with Gasteiger partial charge in [-0.25, -0.2) is 9.97 Å². The van der Waals surface area contributed by atoms with Gasteiger partial charge in [-0.1, -0.05) is 0 Å². The molecule has 0 aliphatic carbocycles. The van der Waals surface area contributed by atoms with E-state index in [-0.39, 0.29) is 0 Å². The zero-order chi connectivity index (χ0) is 14.3. The number of nitrogens with zero attached hydrogens (tertiary/aromatic N) is 4. The maximum absolute atomic E-state index is 5.41. The van der Waals surface area contributed by atoms with Crippen molar-refractivity contribution in [2.45, 2.75) is 5.92 Å². The Kier molecular flexibility index (Phi) is 3.32. The summed E-state index contributed by atoms with van der Waals surface area (Å²) in [7, 11) is 2.21. The van der Waals surface area contributed by atoms with Crippen molar-refractivity contribution >= 4 is 5.95 Å². The van der Waals surface area contributed by atoms with Gasteiger partial charge in [0.25, 0.3) is 0 Å². The average Bonchev–Trinajstić information content (AvgIpc) is 2.86. The fraction of sp³-hybridized carbons (Fsp3) is 0.733. The molecule has 4 heterocycles. The molecule has 0 aromatic carbocycles. The summed E-state index contributed by atoms with van der Waals surface area (Å²) in [6.07, 6.45) is 1.92. The number of hydrogen-bond acceptors (Lipinski definition) is 6. The Bertz CT molecular complexity index is 513. The number of likely N-dealkylation sites (tertiary alicyclic amines) is 1. The van der Waals surface area contributed by atoms with Crippen LogP contribution in [0.4, 0.5) is 5.95 Å². The van der Waals surface area contributed by atoms with E-state index in [0.717, 1.165) is 51.9 Å². The van der Waals surface area contributed by atoms with Crippen molar-refractivity contribution in [3.05, 3.63) is 18.0 Å². The smallest absolute Gasteiger partial charge is 0.225 e. The summed E-state index contributed by atoms with van der Waals surface area (Å²) in [5.74, 6) is 1.39. The van der Waals surface area contributed by atoms with Gasteiger partial charge in [0.15, 0.2) is 0 Å². The number of ether oxygens (including phenoxy) is 1. The van der Waals surface area contributed by atoms with Crippen LogP contribution < -0.4 is 10.2 Å². The number of hydrogen-bond donors (Lipinski definition) is 1. The summed E-state index contributed by atoms with van der Waals surface area (Å²) in [5.41, 5.74) is 1.59. The van der Waals surface area contributed by atoms with Crippen LogP contribution in [0, 0.1) is 5.41 Å². The monoisotopic (exact) mass is 289 g/mol. The van der Waals surface area contributed by atoms with Crippen LogP contribution in [0.15, 0.2) is 12.3 Å². The van der Waals surface area contributed by atoms with E-state index in [1.807, 2.05) is 6.20 Å². The molecule has 1 spiro atoms. The lowest BCUT2D eigenvalue weighted by Crippen LogP contribution is -2.57. The molecule has 1 aromatic heterocycles. The van der Waals surface area contributed by atoms with E-state index in [9.17, 15) is 0 Å². The quantitative estimate of drug-likeness (QED) is 0.823.